The lowest BCUT2D eigenvalue weighted by Gasteiger charge is -2.19. The van der Waals surface area contributed by atoms with Gasteiger partial charge in [0.25, 0.3) is 5.91 Å². The quantitative estimate of drug-likeness (QED) is 0.859. The molecular weight excluding hydrogens is 324 g/mol. The van der Waals surface area contributed by atoms with Crippen LogP contribution in [0.15, 0.2) is 10.7 Å². The van der Waals surface area contributed by atoms with Crippen molar-refractivity contribution < 1.29 is 9.21 Å². The van der Waals surface area contributed by atoms with Crippen LogP contribution in [0.4, 0.5) is 5.13 Å². The normalized spacial score (nSPS) is 18.7. The molecule has 0 saturated heterocycles. The van der Waals surface area contributed by atoms with E-state index < -0.39 is 0 Å². The van der Waals surface area contributed by atoms with Crippen LogP contribution >= 0.6 is 11.3 Å². The Morgan fingerprint density at radius 1 is 1.12 bits per heavy atom. The van der Waals surface area contributed by atoms with Gasteiger partial charge < -0.3 is 4.42 Å². The van der Waals surface area contributed by atoms with Crippen molar-refractivity contribution in [2.45, 2.75) is 57.8 Å². The SMILES string of the molecule is O=C(Nc1nnc(CC2CCCCC2)s1)c1coc(CC2CC2)n1. The third-order valence-electron chi connectivity index (χ3n) is 4.82. The third-order valence-corrected chi connectivity index (χ3v) is 5.68. The molecule has 2 saturated carbocycles. The Kier molecular flexibility index (Phi) is 4.60. The zero-order chi connectivity index (χ0) is 16.4. The smallest absolute Gasteiger partial charge is 0.279 e. The Balaban J connectivity index is 1.32. The molecule has 24 heavy (non-hydrogen) atoms. The van der Waals surface area contributed by atoms with Crippen LogP contribution in [0.2, 0.25) is 0 Å². The molecule has 2 fully saturated rings. The first-order valence-corrected chi connectivity index (χ1v) is 9.66. The van der Waals surface area contributed by atoms with Gasteiger partial charge in [-0.05, 0) is 24.7 Å². The molecule has 0 atom stereocenters. The zero-order valence-electron chi connectivity index (χ0n) is 13.7. The zero-order valence-corrected chi connectivity index (χ0v) is 14.5. The molecule has 1 N–H and O–H groups in total. The highest BCUT2D eigenvalue weighted by molar-refractivity contribution is 7.15. The summed E-state index contributed by atoms with van der Waals surface area (Å²) in [5, 5.41) is 12.6. The highest BCUT2D eigenvalue weighted by Crippen LogP contribution is 2.32. The van der Waals surface area contributed by atoms with Gasteiger partial charge in [0.2, 0.25) is 5.13 Å². The molecule has 0 unspecified atom stereocenters. The lowest BCUT2D eigenvalue weighted by atomic mass is 9.87. The fourth-order valence-electron chi connectivity index (χ4n) is 3.26. The summed E-state index contributed by atoms with van der Waals surface area (Å²) in [6.45, 7) is 0. The van der Waals surface area contributed by atoms with Gasteiger partial charge in [-0.25, -0.2) is 4.98 Å². The molecule has 0 bridgehead atoms. The molecule has 128 valence electrons. The van der Waals surface area contributed by atoms with Gasteiger partial charge in [0.05, 0.1) is 0 Å². The number of nitrogens with one attached hydrogen (secondary N) is 1. The number of carbonyl (C=O) groups excluding carboxylic acids is 1. The standard InChI is InChI=1S/C17H22N4O2S/c22-16(13-10-23-14(18-13)8-12-6-7-12)19-17-21-20-15(24-17)9-11-4-2-1-3-5-11/h10-12H,1-9H2,(H,19,21,22). The number of aromatic nitrogens is 3. The molecule has 0 radical (unpaired) electrons. The molecule has 2 aliphatic rings. The first kappa shape index (κ1) is 15.7. The van der Waals surface area contributed by atoms with Gasteiger partial charge in [-0.3, -0.25) is 10.1 Å². The molecule has 7 heteroatoms. The van der Waals surface area contributed by atoms with Crippen molar-refractivity contribution >= 4 is 22.4 Å². The topological polar surface area (TPSA) is 80.9 Å². The lowest BCUT2D eigenvalue weighted by Crippen LogP contribution is -2.12. The minimum Gasteiger partial charge on any atom is -0.448 e. The maximum atomic E-state index is 12.2. The Bertz CT molecular complexity index is 701. The van der Waals surface area contributed by atoms with Crippen LogP contribution in [0.3, 0.4) is 0 Å². The molecule has 0 spiro atoms. The summed E-state index contributed by atoms with van der Waals surface area (Å²) in [4.78, 5) is 16.5. The summed E-state index contributed by atoms with van der Waals surface area (Å²) in [5.41, 5.74) is 0.315. The first-order valence-electron chi connectivity index (χ1n) is 8.84. The Labute approximate surface area is 145 Å². The van der Waals surface area contributed by atoms with Crippen molar-refractivity contribution in [3.8, 4) is 0 Å². The fourth-order valence-corrected chi connectivity index (χ4v) is 4.11. The highest BCUT2D eigenvalue weighted by atomic mass is 32.1. The number of amides is 1. The van der Waals surface area contributed by atoms with Gasteiger partial charge in [0, 0.05) is 12.8 Å². The average molecular weight is 346 g/mol. The van der Waals surface area contributed by atoms with Crippen LogP contribution in [0.5, 0.6) is 0 Å². The van der Waals surface area contributed by atoms with Gasteiger partial charge in [-0.2, -0.15) is 0 Å². The number of rotatable bonds is 6. The summed E-state index contributed by atoms with van der Waals surface area (Å²) in [6, 6.07) is 0. The van der Waals surface area contributed by atoms with Crippen molar-refractivity contribution in [1.29, 1.82) is 0 Å². The number of nitrogens with zero attached hydrogens (tertiary/aromatic N) is 3. The van der Waals surface area contributed by atoms with Crippen LogP contribution in [0.1, 0.15) is 66.3 Å². The van der Waals surface area contributed by atoms with Gasteiger partial charge >= 0.3 is 0 Å². The van der Waals surface area contributed by atoms with Crippen molar-refractivity contribution in [3.05, 3.63) is 22.9 Å². The molecule has 0 aromatic carbocycles. The van der Waals surface area contributed by atoms with E-state index in [1.165, 1.54) is 62.5 Å². The van der Waals surface area contributed by atoms with Crippen LogP contribution in [0, 0.1) is 11.8 Å². The number of carbonyl (C=O) groups is 1. The second-order valence-electron chi connectivity index (χ2n) is 6.94. The Hall–Kier alpha value is -1.76. The predicted octanol–water partition coefficient (Wildman–Crippen LogP) is 3.85. The predicted molar refractivity (Wildman–Crippen MR) is 91.1 cm³/mol. The molecule has 2 heterocycles. The van der Waals surface area contributed by atoms with Gasteiger partial charge in [-0.1, -0.05) is 43.4 Å². The molecule has 6 nitrogen and oxygen atoms in total. The first-order chi connectivity index (χ1) is 11.8. The van der Waals surface area contributed by atoms with E-state index >= 15 is 0 Å². The lowest BCUT2D eigenvalue weighted by molar-refractivity contribution is 0.102. The van der Waals surface area contributed by atoms with Crippen LogP contribution < -0.4 is 5.32 Å². The fraction of sp³-hybridized carbons (Fsp3) is 0.647. The van der Waals surface area contributed by atoms with E-state index in [2.05, 4.69) is 20.5 Å². The minimum absolute atomic E-state index is 0.277. The molecule has 2 aliphatic carbocycles. The molecular formula is C17H22N4O2S. The number of oxazole rings is 1. The summed E-state index contributed by atoms with van der Waals surface area (Å²) in [5.74, 6) is 1.78. The largest absolute Gasteiger partial charge is 0.448 e. The van der Waals surface area contributed by atoms with E-state index in [0.717, 1.165) is 23.8 Å². The molecule has 2 aromatic heterocycles. The van der Waals surface area contributed by atoms with Crippen molar-refractivity contribution in [2.75, 3.05) is 5.32 Å². The Morgan fingerprint density at radius 2 is 1.92 bits per heavy atom. The van der Waals surface area contributed by atoms with E-state index in [0.29, 0.717) is 22.6 Å². The number of hydrogen-bond donors (Lipinski definition) is 1. The molecule has 1 amide bonds. The minimum atomic E-state index is -0.277. The van der Waals surface area contributed by atoms with Crippen molar-refractivity contribution in [2.24, 2.45) is 11.8 Å². The van der Waals surface area contributed by atoms with Crippen LogP contribution in [0.25, 0.3) is 0 Å². The summed E-state index contributed by atoms with van der Waals surface area (Å²) in [7, 11) is 0. The van der Waals surface area contributed by atoms with Gasteiger partial charge in [0.15, 0.2) is 11.6 Å². The van der Waals surface area contributed by atoms with E-state index in [1.807, 2.05) is 0 Å². The van der Waals surface area contributed by atoms with E-state index in [4.69, 9.17) is 4.42 Å². The maximum Gasteiger partial charge on any atom is 0.279 e. The summed E-state index contributed by atoms with van der Waals surface area (Å²) >= 11 is 1.46. The monoisotopic (exact) mass is 346 g/mol. The molecule has 4 rings (SSSR count). The second-order valence-corrected chi connectivity index (χ2v) is 8.00. The van der Waals surface area contributed by atoms with Gasteiger partial charge in [0.1, 0.15) is 11.3 Å². The van der Waals surface area contributed by atoms with Crippen LogP contribution in [-0.4, -0.2) is 21.1 Å². The van der Waals surface area contributed by atoms with Crippen molar-refractivity contribution in [1.82, 2.24) is 15.2 Å². The summed E-state index contributed by atoms with van der Waals surface area (Å²) in [6.07, 6.45) is 12.3. The van der Waals surface area contributed by atoms with E-state index in [-0.39, 0.29) is 5.91 Å². The average Bonchev–Trinajstić information content (AvgIpc) is 3.09. The third kappa shape index (κ3) is 4.01. The number of anilines is 1. The summed E-state index contributed by atoms with van der Waals surface area (Å²) < 4.78 is 5.38. The number of hydrogen-bond acceptors (Lipinski definition) is 6. The highest BCUT2D eigenvalue weighted by Gasteiger charge is 2.25. The van der Waals surface area contributed by atoms with E-state index in [1.54, 1.807) is 0 Å². The Morgan fingerprint density at radius 3 is 2.71 bits per heavy atom. The maximum absolute atomic E-state index is 12.2. The molecule has 2 aromatic rings. The van der Waals surface area contributed by atoms with Crippen molar-refractivity contribution in [3.63, 3.8) is 0 Å². The van der Waals surface area contributed by atoms with Gasteiger partial charge in [-0.15, -0.1) is 10.2 Å². The molecule has 0 aliphatic heterocycles. The van der Waals surface area contributed by atoms with E-state index in [9.17, 15) is 4.79 Å². The van der Waals surface area contributed by atoms with Crippen LogP contribution in [-0.2, 0) is 12.8 Å². The second kappa shape index (κ2) is 7.01.